The van der Waals surface area contributed by atoms with Crippen LogP contribution in [0.3, 0.4) is 0 Å². The molecule has 3 rings (SSSR count). The number of piperidine rings is 1. The first-order chi connectivity index (χ1) is 15.2. The van der Waals surface area contributed by atoms with Gasteiger partial charge in [0.15, 0.2) is 0 Å². The molecule has 0 radical (unpaired) electrons. The lowest BCUT2D eigenvalue weighted by molar-refractivity contribution is -0.139. The van der Waals surface area contributed by atoms with Crippen LogP contribution in [0.4, 0.5) is 0 Å². The topological polar surface area (TPSA) is 62.7 Å². The van der Waals surface area contributed by atoms with E-state index < -0.39 is 5.97 Å². The Balaban J connectivity index is 1.57. The van der Waals surface area contributed by atoms with Crippen molar-refractivity contribution in [3.63, 3.8) is 0 Å². The second-order valence-corrected chi connectivity index (χ2v) is 11.8. The van der Waals surface area contributed by atoms with Crippen LogP contribution >= 0.6 is 11.8 Å². The summed E-state index contributed by atoms with van der Waals surface area (Å²) in [5.41, 5.74) is 2.29. The van der Waals surface area contributed by atoms with E-state index in [2.05, 4.69) is 42.8 Å². The van der Waals surface area contributed by atoms with Crippen molar-refractivity contribution < 1.29 is 14.6 Å². The van der Waals surface area contributed by atoms with Crippen LogP contribution in [0, 0.1) is 11.8 Å². The Morgan fingerprint density at radius 2 is 2.09 bits per heavy atom. The Morgan fingerprint density at radius 1 is 1.28 bits per heavy atom. The Morgan fingerprint density at radius 3 is 2.81 bits per heavy atom. The molecule has 0 bridgehead atoms. The summed E-state index contributed by atoms with van der Waals surface area (Å²) < 4.78 is 5.67. The molecule has 1 aliphatic rings. The molecule has 2 aromatic rings. The number of benzene rings is 1. The lowest BCUT2D eigenvalue weighted by atomic mass is 9.80. The van der Waals surface area contributed by atoms with Crippen molar-refractivity contribution >= 4 is 28.6 Å². The number of methoxy groups -OCH3 is 1. The van der Waals surface area contributed by atoms with Gasteiger partial charge in [-0.15, -0.1) is 0 Å². The van der Waals surface area contributed by atoms with Crippen LogP contribution in [0.5, 0.6) is 5.75 Å². The first kappa shape index (κ1) is 24.8. The van der Waals surface area contributed by atoms with Crippen LogP contribution in [0.2, 0.25) is 0 Å². The SMILES string of the molecule is COc1ccc2nccc(CCC[C@@H]3CCN(CCSC(C)(C)C)C[C@@H]3CC(=O)O)c2c1. The molecule has 1 aromatic carbocycles. The average Bonchev–Trinajstić information content (AvgIpc) is 2.73. The molecular weight excluding hydrogens is 420 g/mol. The van der Waals surface area contributed by atoms with E-state index in [1.807, 2.05) is 30.1 Å². The largest absolute Gasteiger partial charge is 0.497 e. The number of aliphatic carboxylic acids is 1. The normalized spacial score (nSPS) is 19.9. The molecule has 176 valence electrons. The summed E-state index contributed by atoms with van der Waals surface area (Å²) in [6.07, 6.45) is 6.39. The standard InChI is InChI=1S/C26H38N2O3S/c1-26(2,3)32-15-14-28-13-11-19(21(18-28)16-25(29)30)6-5-7-20-10-12-27-24-9-8-22(31-4)17-23(20)24/h8-10,12,17,19,21H,5-7,11,13-16,18H2,1-4H3,(H,29,30)/t19-,21+/m1/s1. The first-order valence-corrected chi connectivity index (χ1v) is 12.7. The van der Waals surface area contributed by atoms with E-state index >= 15 is 0 Å². The van der Waals surface area contributed by atoms with Crippen LogP contribution < -0.4 is 4.74 Å². The molecule has 1 fully saturated rings. The number of likely N-dealkylation sites (tertiary alicyclic amines) is 1. The van der Waals surface area contributed by atoms with Gasteiger partial charge >= 0.3 is 5.97 Å². The van der Waals surface area contributed by atoms with Gasteiger partial charge in [0.25, 0.3) is 0 Å². The smallest absolute Gasteiger partial charge is 0.303 e. The monoisotopic (exact) mass is 458 g/mol. The summed E-state index contributed by atoms with van der Waals surface area (Å²) in [4.78, 5) is 18.5. The lowest BCUT2D eigenvalue weighted by Crippen LogP contribution is -2.42. The molecule has 2 atom stereocenters. The van der Waals surface area contributed by atoms with E-state index in [1.165, 1.54) is 5.56 Å². The van der Waals surface area contributed by atoms with Crippen molar-refractivity contribution in [1.82, 2.24) is 9.88 Å². The van der Waals surface area contributed by atoms with Gasteiger partial charge in [-0.25, -0.2) is 0 Å². The Kier molecular flexibility index (Phi) is 8.83. The summed E-state index contributed by atoms with van der Waals surface area (Å²) in [6.45, 7) is 9.80. The highest BCUT2D eigenvalue weighted by molar-refractivity contribution is 8.00. The minimum absolute atomic E-state index is 0.246. The van der Waals surface area contributed by atoms with Crippen molar-refractivity contribution in [2.75, 3.05) is 32.5 Å². The zero-order chi connectivity index (χ0) is 23.1. The zero-order valence-electron chi connectivity index (χ0n) is 20.0. The maximum Gasteiger partial charge on any atom is 0.303 e. The number of carboxylic acid groups (broad SMARTS) is 1. The second-order valence-electron chi connectivity index (χ2n) is 9.91. The Labute approximate surface area is 196 Å². The van der Waals surface area contributed by atoms with Gasteiger partial charge in [-0.3, -0.25) is 9.78 Å². The number of aromatic nitrogens is 1. The predicted octanol–water partition coefficient (Wildman–Crippen LogP) is 5.51. The molecule has 1 aliphatic heterocycles. The second kappa shape index (κ2) is 11.4. The van der Waals surface area contributed by atoms with E-state index in [9.17, 15) is 9.90 Å². The summed E-state index contributed by atoms with van der Waals surface area (Å²) >= 11 is 1.99. The molecule has 0 saturated carbocycles. The van der Waals surface area contributed by atoms with Crippen molar-refractivity contribution in [3.05, 3.63) is 36.0 Å². The molecule has 0 unspecified atom stereocenters. The van der Waals surface area contributed by atoms with E-state index in [0.29, 0.717) is 5.92 Å². The van der Waals surface area contributed by atoms with E-state index in [4.69, 9.17) is 4.74 Å². The highest BCUT2D eigenvalue weighted by Crippen LogP contribution is 2.32. The summed E-state index contributed by atoms with van der Waals surface area (Å²) in [5.74, 6) is 2.02. The quantitative estimate of drug-likeness (QED) is 0.506. The maximum absolute atomic E-state index is 11.5. The van der Waals surface area contributed by atoms with Gasteiger partial charge < -0.3 is 14.7 Å². The van der Waals surface area contributed by atoms with Crippen molar-refractivity contribution in [3.8, 4) is 5.75 Å². The molecule has 0 spiro atoms. The fourth-order valence-corrected chi connectivity index (χ4v) is 5.72. The van der Waals surface area contributed by atoms with Gasteiger partial charge in [0.05, 0.1) is 12.6 Å². The summed E-state index contributed by atoms with van der Waals surface area (Å²) in [7, 11) is 1.69. The average molecular weight is 459 g/mol. The number of carbonyl (C=O) groups is 1. The minimum Gasteiger partial charge on any atom is -0.497 e. The summed E-state index contributed by atoms with van der Waals surface area (Å²) in [6, 6.07) is 8.13. The molecule has 6 heteroatoms. The van der Waals surface area contributed by atoms with Crippen molar-refractivity contribution in [2.45, 2.75) is 57.6 Å². The highest BCUT2D eigenvalue weighted by Gasteiger charge is 2.30. The van der Waals surface area contributed by atoms with Gasteiger partial charge in [0, 0.05) is 41.6 Å². The number of carboxylic acids is 1. The third kappa shape index (κ3) is 7.38. The Hall–Kier alpha value is -1.79. The van der Waals surface area contributed by atoms with Crippen LogP contribution in [0.15, 0.2) is 30.5 Å². The van der Waals surface area contributed by atoms with E-state index in [1.54, 1.807) is 7.11 Å². The third-order valence-electron chi connectivity index (χ3n) is 6.41. The Bertz CT molecular complexity index is 896. The van der Waals surface area contributed by atoms with Crippen LogP contribution in [-0.4, -0.2) is 58.2 Å². The number of hydrogen-bond acceptors (Lipinski definition) is 5. The van der Waals surface area contributed by atoms with E-state index in [-0.39, 0.29) is 17.1 Å². The number of aryl methyl sites for hydroxylation is 1. The number of hydrogen-bond donors (Lipinski definition) is 1. The molecule has 2 heterocycles. The van der Waals surface area contributed by atoms with Crippen LogP contribution in [0.1, 0.15) is 52.0 Å². The number of fused-ring (bicyclic) bond motifs is 1. The summed E-state index contributed by atoms with van der Waals surface area (Å²) in [5, 5.41) is 10.6. The first-order valence-electron chi connectivity index (χ1n) is 11.7. The van der Waals surface area contributed by atoms with Crippen molar-refractivity contribution in [2.24, 2.45) is 11.8 Å². The fraction of sp³-hybridized carbons (Fsp3) is 0.615. The molecule has 32 heavy (non-hydrogen) atoms. The molecule has 1 saturated heterocycles. The molecule has 1 N–H and O–H groups in total. The number of rotatable bonds is 10. The van der Waals surface area contributed by atoms with Gasteiger partial charge in [0.1, 0.15) is 5.75 Å². The number of ether oxygens (including phenoxy) is 1. The molecule has 0 amide bonds. The molecule has 1 aromatic heterocycles. The number of nitrogens with zero attached hydrogens (tertiary/aromatic N) is 2. The highest BCUT2D eigenvalue weighted by atomic mass is 32.2. The van der Waals surface area contributed by atoms with Gasteiger partial charge in [-0.1, -0.05) is 20.8 Å². The van der Waals surface area contributed by atoms with E-state index in [0.717, 1.165) is 67.7 Å². The molecular formula is C26H38N2O3S. The fourth-order valence-electron chi connectivity index (χ4n) is 4.76. The van der Waals surface area contributed by atoms with Crippen molar-refractivity contribution in [1.29, 1.82) is 0 Å². The third-order valence-corrected chi connectivity index (χ3v) is 7.67. The zero-order valence-corrected chi connectivity index (χ0v) is 20.8. The van der Waals surface area contributed by atoms with Gasteiger partial charge in [0.2, 0.25) is 0 Å². The van der Waals surface area contributed by atoms with Crippen LogP contribution in [-0.2, 0) is 11.2 Å². The number of thioether (sulfide) groups is 1. The maximum atomic E-state index is 11.5. The van der Waals surface area contributed by atoms with Gasteiger partial charge in [-0.05, 0) is 73.9 Å². The predicted molar refractivity (Wildman–Crippen MR) is 134 cm³/mol. The number of pyridine rings is 1. The van der Waals surface area contributed by atoms with Crippen LogP contribution in [0.25, 0.3) is 10.9 Å². The van der Waals surface area contributed by atoms with Gasteiger partial charge in [-0.2, -0.15) is 11.8 Å². The lowest BCUT2D eigenvalue weighted by Gasteiger charge is -2.38. The molecule has 5 nitrogen and oxygen atoms in total. The molecule has 0 aliphatic carbocycles. The minimum atomic E-state index is -0.668.